The van der Waals surface area contributed by atoms with Crippen LogP contribution in [-0.2, 0) is 11.2 Å². The molecule has 2 atom stereocenters. The van der Waals surface area contributed by atoms with Crippen LogP contribution in [0.5, 0.6) is 0 Å². The number of carbonyl (C=O) groups is 1. The zero-order valence-corrected chi connectivity index (χ0v) is 10.6. The van der Waals surface area contributed by atoms with Crippen molar-refractivity contribution in [3.63, 3.8) is 0 Å². The number of halogens is 1. The van der Waals surface area contributed by atoms with E-state index in [4.69, 9.17) is 5.11 Å². The van der Waals surface area contributed by atoms with Gasteiger partial charge in [0.2, 0.25) is 0 Å². The number of rotatable bonds is 4. The van der Waals surface area contributed by atoms with E-state index in [1.165, 1.54) is 6.07 Å². The molecule has 1 aromatic rings. The van der Waals surface area contributed by atoms with Crippen molar-refractivity contribution in [1.82, 2.24) is 5.32 Å². The molecule has 0 bridgehead atoms. The summed E-state index contributed by atoms with van der Waals surface area (Å²) in [5.74, 6) is -1.04. The fourth-order valence-corrected chi connectivity index (χ4v) is 2.55. The maximum absolute atomic E-state index is 13.6. The third kappa shape index (κ3) is 2.38. The number of hydrogen-bond donors (Lipinski definition) is 2. The summed E-state index contributed by atoms with van der Waals surface area (Å²) in [5.41, 5.74) is 1.63. The summed E-state index contributed by atoms with van der Waals surface area (Å²) < 4.78 is 13.6. The van der Waals surface area contributed by atoms with E-state index in [0.29, 0.717) is 6.42 Å². The van der Waals surface area contributed by atoms with Gasteiger partial charge in [0.05, 0.1) is 0 Å². The molecule has 2 rings (SSSR count). The topological polar surface area (TPSA) is 49.3 Å². The Kier molecular flexibility index (Phi) is 3.66. The molecule has 18 heavy (non-hydrogen) atoms. The van der Waals surface area contributed by atoms with Crippen LogP contribution < -0.4 is 5.32 Å². The molecule has 0 saturated carbocycles. The lowest BCUT2D eigenvalue weighted by molar-refractivity contribution is -0.140. The minimum atomic E-state index is -0.852. The molecule has 0 amide bonds. The molecule has 98 valence electrons. The highest BCUT2D eigenvalue weighted by Crippen LogP contribution is 2.33. The van der Waals surface area contributed by atoms with Gasteiger partial charge in [0.25, 0.3) is 0 Å². The Hall–Kier alpha value is -1.42. The van der Waals surface area contributed by atoms with Crippen molar-refractivity contribution >= 4 is 5.97 Å². The first-order valence-electron chi connectivity index (χ1n) is 6.27. The van der Waals surface area contributed by atoms with Gasteiger partial charge in [-0.25, -0.2) is 4.39 Å². The predicted octanol–water partition coefficient (Wildman–Crippen LogP) is 2.51. The minimum absolute atomic E-state index is 0.000101. The minimum Gasteiger partial charge on any atom is -0.480 e. The summed E-state index contributed by atoms with van der Waals surface area (Å²) in [7, 11) is 0. The Labute approximate surface area is 106 Å². The number of aliphatic carboxylic acids is 1. The quantitative estimate of drug-likeness (QED) is 0.864. The molecule has 2 unspecified atom stereocenters. The fourth-order valence-electron chi connectivity index (χ4n) is 2.55. The van der Waals surface area contributed by atoms with Gasteiger partial charge < -0.3 is 5.11 Å². The summed E-state index contributed by atoms with van der Waals surface area (Å²) in [4.78, 5) is 11.2. The van der Waals surface area contributed by atoms with Crippen molar-refractivity contribution in [2.75, 3.05) is 0 Å². The fraction of sp³-hybridized carbons (Fsp3) is 0.500. The van der Waals surface area contributed by atoms with Gasteiger partial charge in [0.1, 0.15) is 11.9 Å². The monoisotopic (exact) mass is 251 g/mol. The van der Waals surface area contributed by atoms with Crippen LogP contribution in [-0.4, -0.2) is 17.1 Å². The number of fused-ring (bicyclic) bond motifs is 1. The summed E-state index contributed by atoms with van der Waals surface area (Å²) >= 11 is 0. The van der Waals surface area contributed by atoms with Gasteiger partial charge in [-0.3, -0.25) is 10.1 Å². The average Bonchev–Trinajstić information content (AvgIpc) is 2.69. The lowest BCUT2D eigenvalue weighted by Gasteiger charge is -2.23. The molecule has 1 aromatic carbocycles. The van der Waals surface area contributed by atoms with Gasteiger partial charge in [-0.05, 0) is 36.0 Å². The SMILES string of the molecule is CC(C)C(NC1CCc2c(F)cccc21)C(=O)O. The van der Waals surface area contributed by atoms with Crippen LogP contribution in [0.2, 0.25) is 0 Å². The molecule has 3 nitrogen and oxygen atoms in total. The van der Waals surface area contributed by atoms with Crippen LogP contribution in [0.4, 0.5) is 4.39 Å². The zero-order chi connectivity index (χ0) is 13.3. The van der Waals surface area contributed by atoms with Gasteiger partial charge in [-0.15, -0.1) is 0 Å². The maximum atomic E-state index is 13.6. The molecule has 0 saturated heterocycles. The first-order valence-corrected chi connectivity index (χ1v) is 6.27. The van der Waals surface area contributed by atoms with Crippen molar-refractivity contribution in [2.45, 2.75) is 38.8 Å². The zero-order valence-electron chi connectivity index (χ0n) is 10.6. The maximum Gasteiger partial charge on any atom is 0.320 e. The Bertz CT molecular complexity index is 459. The highest BCUT2D eigenvalue weighted by Gasteiger charge is 2.30. The Morgan fingerprint density at radius 1 is 1.50 bits per heavy atom. The second kappa shape index (κ2) is 5.06. The van der Waals surface area contributed by atoms with Crippen LogP contribution in [0.3, 0.4) is 0 Å². The first-order chi connectivity index (χ1) is 8.50. The summed E-state index contributed by atoms with van der Waals surface area (Å²) in [6.45, 7) is 3.74. The number of carboxylic acid groups (broad SMARTS) is 1. The van der Waals surface area contributed by atoms with Gasteiger partial charge in [-0.1, -0.05) is 26.0 Å². The van der Waals surface area contributed by atoms with E-state index in [-0.39, 0.29) is 17.8 Å². The molecule has 1 aliphatic carbocycles. The van der Waals surface area contributed by atoms with Crippen molar-refractivity contribution < 1.29 is 14.3 Å². The van der Waals surface area contributed by atoms with E-state index in [9.17, 15) is 9.18 Å². The van der Waals surface area contributed by atoms with E-state index in [1.54, 1.807) is 6.07 Å². The highest BCUT2D eigenvalue weighted by molar-refractivity contribution is 5.73. The van der Waals surface area contributed by atoms with Gasteiger partial charge in [0, 0.05) is 6.04 Å². The molecule has 0 radical (unpaired) electrons. The standard InChI is InChI=1S/C14H18FNO2/c1-8(2)13(14(17)18)16-12-7-6-9-10(12)4-3-5-11(9)15/h3-5,8,12-13,16H,6-7H2,1-2H3,(H,17,18). The number of benzene rings is 1. The number of nitrogens with one attached hydrogen (secondary N) is 1. The molecule has 0 spiro atoms. The van der Waals surface area contributed by atoms with Crippen molar-refractivity contribution in [3.8, 4) is 0 Å². The third-order valence-electron chi connectivity index (χ3n) is 3.53. The molecule has 0 heterocycles. The summed E-state index contributed by atoms with van der Waals surface area (Å²) in [6.07, 6.45) is 1.43. The van der Waals surface area contributed by atoms with Crippen LogP contribution in [0, 0.1) is 11.7 Å². The van der Waals surface area contributed by atoms with Crippen molar-refractivity contribution in [3.05, 3.63) is 35.1 Å². The number of carboxylic acids is 1. The lowest BCUT2D eigenvalue weighted by Crippen LogP contribution is -2.42. The van der Waals surface area contributed by atoms with Crippen LogP contribution >= 0.6 is 0 Å². The summed E-state index contributed by atoms with van der Waals surface area (Å²) in [5, 5.41) is 12.3. The second-order valence-electron chi connectivity index (χ2n) is 5.13. The second-order valence-corrected chi connectivity index (χ2v) is 5.13. The van der Waals surface area contributed by atoms with E-state index in [1.807, 2.05) is 19.9 Å². The normalized spacial score (nSPS) is 19.9. The first kappa shape index (κ1) is 13.0. The van der Waals surface area contributed by atoms with Gasteiger partial charge >= 0.3 is 5.97 Å². The van der Waals surface area contributed by atoms with E-state index >= 15 is 0 Å². The molecule has 0 aliphatic heterocycles. The van der Waals surface area contributed by atoms with Crippen LogP contribution in [0.25, 0.3) is 0 Å². The smallest absolute Gasteiger partial charge is 0.320 e. The molecule has 4 heteroatoms. The molecule has 2 N–H and O–H groups in total. The van der Waals surface area contributed by atoms with Crippen molar-refractivity contribution in [1.29, 1.82) is 0 Å². The van der Waals surface area contributed by atoms with E-state index in [0.717, 1.165) is 17.5 Å². The Morgan fingerprint density at radius 3 is 2.83 bits per heavy atom. The predicted molar refractivity (Wildman–Crippen MR) is 66.9 cm³/mol. The largest absolute Gasteiger partial charge is 0.480 e. The average molecular weight is 251 g/mol. The van der Waals surface area contributed by atoms with Crippen molar-refractivity contribution in [2.24, 2.45) is 5.92 Å². The third-order valence-corrected chi connectivity index (χ3v) is 3.53. The van der Waals surface area contributed by atoms with Gasteiger partial charge in [0.15, 0.2) is 0 Å². The molecular formula is C14H18FNO2. The highest BCUT2D eigenvalue weighted by atomic mass is 19.1. The van der Waals surface area contributed by atoms with E-state index in [2.05, 4.69) is 5.32 Å². The summed E-state index contributed by atoms with van der Waals surface area (Å²) in [6, 6.07) is 4.36. The molecular weight excluding hydrogens is 233 g/mol. The molecule has 0 fully saturated rings. The van der Waals surface area contributed by atoms with Crippen LogP contribution in [0.15, 0.2) is 18.2 Å². The van der Waals surface area contributed by atoms with Gasteiger partial charge in [-0.2, -0.15) is 0 Å². The Balaban J connectivity index is 2.19. The van der Waals surface area contributed by atoms with E-state index < -0.39 is 12.0 Å². The molecule has 1 aliphatic rings. The lowest BCUT2D eigenvalue weighted by atomic mass is 10.0. The number of hydrogen-bond acceptors (Lipinski definition) is 2. The Morgan fingerprint density at radius 2 is 2.22 bits per heavy atom. The molecule has 0 aromatic heterocycles. The van der Waals surface area contributed by atoms with Crippen LogP contribution in [0.1, 0.15) is 37.4 Å².